The molecule has 0 saturated heterocycles. The Morgan fingerprint density at radius 3 is 2.88 bits per heavy atom. The summed E-state index contributed by atoms with van der Waals surface area (Å²) in [5.41, 5.74) is 0.552. The summed E-state index contributed by atoms with van der Waals surface area (Å²) >= 11 is 12.1. The van der Waals surface area contributed by atoms with E-state index in [0.717, 1.165) is 37.1 Å². The van der Waals surface area contributed by atoms with E-state index in [1.54, 1.807) is 22.8 Å². The molecule has 0 aliphatic carbocycles. The van der Waals surface area contributed by atoms with Gasteiger partial charge in [-0.2, -0.15) is 5.10 Å². The molecule has 1 aromatic heterocycles. The Labute approximate surface area is 155 Å². The van der Waals surface area contributed by atoms with E-state index in [9.17, 15) is 9.59 Å². The number of aryl methyl sites for hydroxylation is 1. The molecule has 6 nitrogen and oxygen atoms in total. The lowest BCUT2D eigenvalue weighted by atomic mass is 10.1. The second kappa shape index (κ2) is 7.62. The van der Waals surface area contributed by atoms with Crippen molar-refractivity contribution in [2.75, 3.05) is 0 Å². The molecule has 1 atom stereocenters. The number of benzene rings is 1. The van der Waals surface area contributed by atoms with Gasteiger partial charge in [0.1, 0.15) is 12.4 Å². The number of hydrogen-bond donors (Lipinski definition) is 1. The quantitative estimate of drug-likeness (QED) is 0.883. The lowest BCUT2D eigenvalue weighted by molar-refractivity contribution is -0.122. The van der Waals surface area contributed by atoms with Gasteiger partial charge >= 0.3 is 5.69 Å². The Hall–Kier alpha value is -1.79. The van der Waals surface area contributed by atoms with Gasteiger partial charge in [0.25, 0.3) is 0 Å². The molecule has 2 aromatic rings. The van der Waals surface area contributed by atoms with Gasteiger partial charge in [0.2, 0.25) is 5.91 Å². The Morgan fingerprint density at radius 2 is 2.12 bits per heavy atom. The fraction of sp³-hybridized carbons (Fsp3) is 0.471. The topological polar surface area (TPSA) is 68.9 Å². The molecular weight excluding hydrogens is 363 g/mol. The molecule has 0 radical (unpaired) electrons. The Balaban J connectivity index is 1.69. The van der Waals surface area contributed by atoms with Crippen molar-refractivity contribution in [3.8, 4) is 0 Å². The van der Waals surface area contributed by atoms with E-state index in [0.29, 0.717) is 16.6 Å². The van der Waals surface area contributed by atoms with Crippen LogP contribution in [0.1, 0.15) is 43.6 Å². The molecule has 1 aliphatic heterocycles. The predicted molar refractivity (Wildman–Crippen MR) is 97.1 cm³/mol. The van der Waals surface area contributed by atoms with Gasteiger partial charge in [0.05, 0.1) is 6.04 Å². The third-order valence-electron chi connectivity index (χ3n) is 4.38. The molecule has 2 heterocycles. The van der Waals surface area contributed by atoms with Crippen molar-refractivity contribution in [2.45, 2.75) is 51.7 Å². The highest BCUT2D eigenvalue weighted by atomic mass is 35.5. The molecule has 134 valence electrons. The number of amides is 1. The first-order valence-electron chi connectivity index (χ1n) is 8.36. The number of nitrogens with zero attached hydrogens (tertiary/aromatic N) is 3. The van der Waals surface area contributed by atoms with E-state index in [1.165, 1.54) is 4.68 Å². The standard InChI is InChI=1S/C17H20Cl2N4O2/c1-11(13-7-6-12(18)9-14(13)19)20-16(24)10-23-17(25)22-8-4-2-3-5-15(22)21-23/h6-7,9,11H,2-5,8,10H2,1H3,(H,20,24). The molecule has 25 heavy (non-hydrogen) atoms. The molecule has 1 aromatic carbocycles. The number of carbonyl (C=O) groups excluding carboxylic acids is 1. The number of carbonyl (C=O) groups is 1. The van der Waals surface area contributed by atoms with Crippen LogP contribution in [0.4, 0.5) is 0 Å². The minimum atomic E-state index is -0.298. The number of nitrogens with one attached hydrogen (secondary N) is 1. The highest BCUT2D eigenvalue weighted by Gasteiger charge is 2.19. The highest BCUT2D eigenvalue weighted by Crippen LogP contribution is 2.26. The molecule has 3 rings (SSSR count). The van der Waals surface area contributed by atoms with Gasteiger partial charge in [-0.1, -0.05) is 35.7 Å². The first kappa shape index (κ1) is 18.0. The molecule has 0 fully saturated rings. The average molecular weight is 383 g/mol. The summed E-state index contributed by atoms with van der Waals surface area (Å²) < 4.78 is 2.92. The first-order chi connectivity index (χ1) is 12.0. The van der Waals surface area contributed by atoms with Crippen molar-refractivity contribution in [2.24, 2.45) is 0 Å². The number of fused-ring (bicyclic) bond motifs is 1. The smallest absolute Gasteiger partial charge is 0.346 e. The van der Waals surface area contributed by atoms with E-state index in [1.807, 2.05) is 6.92 Å². The maximum atomic E-state index is 12.4. The maximum Gasteiger partial charge on any atom is 0.346 e. The third kappa shape index (κ3) is 4.07. The van der Waals surface area contributed by atoms with Crippen LogP contribution in [0.2, 0.25) is 10.0 Å². The average Bonchev–Trinajstić information content (AvgIpc) is 2.73. The lowest BCUT2D eigenvalue weighted by Crippen LogP contribution is -2.35. The van der Waals surface area contributed by atoms with Gasteiger partial charge in [-0.05, 0) is 37.5 Å². The van der Waals surface area contributed by atoms with E-state index in [4.69, 9.17) is 23.2 Å². The van der Waals surface area contributed by atoms with Crippen LogP contribution < -0.4 is 11.0 Å². The minimum absolute atomic E-state index is 0.103. The molecule has 0 bridgehead atoms. The van der Waals surface area contributed by atoms with E-state index in [-0.39, 0.29) is 24.2 Å². The fourth-order valence-electron chi connectivity index (χ4n) is 3.08. The minimum Gasteiger partial charge on any atom is -0.348 e. The van der Waals surface area contributed by atoms with Crippen LogP contribution >= 0.6 is 23.2 Å². The van der Waals surface area contributed by atoms with Crippen molar-refractivity contribution in [1.29, 1.82) is 0 Å². The van der Waals surface area contributed by atoms with Crippen LogP contribution in [0.5, 0.6) is 0 Å². The second-order valence-electron chi connectivity index (χ2n) is 6.27. The van der Waals surface area contributed by atoms with Crippen LogP contribution in [0, 0.1) is 0 Å². The number of rotatable bonds is 4. The van der Waals surface area contributed by atoms with Crippen LogP contribution in [0.25, 0.3) is 0 Å². The summed E-state index contributed by atoms with van der Waals surface area (Å²) in [4.78, 5) is 24.7. The summed E-state index contributed by atoms with van der Waals surface area (Å²) in [6.45, 7) is 2.40. The van der Waals surface area contributed by atoms with Crippen molar-refractivity contribution in [1.82, 2.24) is 19.7 Å². The molecule has 1 amide bonds. The molecule has 0 spiro atoms. The van der Waals surface area contributed by atoms with Crippen molar-refractivity contribution in [3.63, 3.8) is 0 Å². The molecule has 1 unspecified atom stereocenters. The van der Waals surface area contributed by atoms with Gasteiger partial charge in [-0.25, -0.2) is 9.48 Å². The maximum absolute atomic E-state index is 12.4. The zero-order valence-electron chi connectivity index (χ0n) is 14.0. The van der Waals surface area contributed by atoms with E-state index >= 15 is 0 Å². The predicted octanol–water partition coefficient (Wildman–Crippen LogP) is 2.96. The van der Waals surface area contributed by atoms with Gasteiger partial charge in [-0.15, -0.1) is 0 Å². The normalized spacial score (nSPS) is 15.3. The monoisotopic (exact) mass is 382 g/mol. The van der Waals surface area contributed by atoms with Gasteiger partial charge in [0, 0.05) is 23.0 Å². The Kier molecular flexibility index (Phi) is 5.49. The highest BCUT2D eigenvalue weighted by molar-refractivity contribution is 6.35. The number of halogens is 2. The third-order valence-corrected chi connectivity index (χ3v) is 4.94. The molecule has 8 heteroatoms. The molecule has 0 saturated carbocycles. The Morgan fingerprint density at radius 1 is 1.32 bits per heavy atom. The lowest BCUT2D eigenvalue weighted by Gasteiger charge is -2.15. The van der Waals surface area contributed by atoms with Crippen LogP contribution in [0.3, 0.4) is 0 Å². The largest absolute Gasteiger partial charge is 0.348 e. The van der Waals surface area contributed by atoms with Gasteiger partial charge in [-0.3, -0.25) is 9.36 Å². The van der Waals surface area contributed by atoms with Crippen LogP contribution in [0.15, 0.2) is 23.0 Å². The first-order valence-corrected chi connectivity index (χ1v) is 9.12. The number of hydrogen-bond acceptors (Lipinski definition) is 3. The fourth-order valence-corrected chi connectivity index (χ4v) is 3.65. The zero-order chi connectivity index (χ0) is 18.0. The van der Waals surface area contributed by atoms with Crippen molar-refractivity contribution >= 4 is 29.1 Å². The summed E-state index contributed by atoms with van der Waals surface area (Å²) in [5.74, 6) is 0.484. The van der Waals surface area contributed by atoms with E-state index < -0.39 is 0 Å². The zero-order valence-corrected chi connectivity index (χ0v) is 15.5. The second-order valence-corrected chi connectivity index (χ2v) is 7.12. The molecule has 1 N–H and O–H groups in total. The van der Waals surface area contributed by atoms with Crippen LogP contribution in [-0.2, 0) is 24.3 Å². The van der Waals surface area contributed by atoms with Crippen molar-refractivity contribution < 1.29 is 4.79 Å². The van der Waals surface area contributed by atoms with Crippen molar-refractivity contribution in [3.05, 3.63) is 50.1 Å². The SMILES string of the molecule is CC(NC(=O)Cn1nc2n(c1=O)CCCCC2)c1ccc(Cl)cc1Cl. The van der Waals surface area contributed by atoms with Gasteiger partial charge < -0.3 is 5.32 Å². The summed E-state index contributed by atoms with van der Waals surface area (Å²) in [7, 11) is 0. The van der Waals surface area contributed by atoms with E-state index in [2.05, 4.69) is 10.4 Å². The number of aromatic nitrogens is 3. The summed E-state index contributed by atoms with van der Waals surface area (Å²) in [6.07, 6.45) is 3.87. The summed E-state index contributed by atoms with van der Waals surface area (Å²) in [6, 6.07) is 4.84. The molecule has 1 aliphatic rings. The van der Waals surface area contributed by atoms with Crippen LogP contribution in [-0.4, -0.2) is 20.3 Å². The van der Waals surface area contributed by atoms with Gasteiger partial charge in [0.15, 0.2) is 0 Å². The Bertz CT molecular complexity index is 844. The molecular formula is C17H20Cl2N4O2. The summed E-state index contributed by atoms with van der Waals surface area (Å²) in [5, 5.41) is 8.20.